The Morgan fingerprint density at radius 3 is 2.20 bits per heavy atom. The second-order valence-electron chi connectivity index (χ2n) is 21.1. The molecule has 0 aromatic carbocycles. The smallest absolute Gasteiger partial charge is 0.312 e. The van der Waals surface area contributed by atoms with Crippen molar-refractivity contribution in [2.45, 2.75) is 176 Å². The van der Waals surface area contributed by atoms with Crippen LogP contribution < -0.4 is 5.32 Å². The van der Waals surface area contributed by atoms with E-state index in [1.54, 1.807) is 6.92 Å². The first-order chi connectivity index (χ1) is 25.1. The van der Waals surface area contributed by atoms with Crippen LogP contribution in [0, 0.1) is 50.7 Å². The van der Waals surface area contributed by atoms with Crippen LogP contribution in [0.2, 0.25) is 0 Å². The minimum Gasteiger partial charge on any atom is -0.481 e. The average Bonchev–Trinajstić information content (AvgIpc) is 3.48. The Labute approximate surface area is 327 Å². The Morgan fingerprint density at radius 1 is 0.981 bits per heavy atom. The lowest BCUT2D eigenvalue weighted by Gasteiger charge is -2.69. The number of carboxylic acids is 1. The van der Waals surface area contributed by atoms with Crippen molar-refractivity contribution in [1.29, 1.82) is 0 Å². The minimum atomic E-state index is -1.38. The SMILES string of the molecule is C=C(C)C1CCC2(NCCC3(O)CCN(C(C)=O)CC3)CCC3(C)C(CCC(C4(C)CC=C(C5=CCC(C(=O)O)(C(C)F)CC5)C(C)(C)C4)C3(C)CC)C12. The van der Waals surface area contributed by atoms with E-state index in [2.05, 4.69) is 72.5 Å². The number of piperidine rings is 1. The molecule has 6 nitrogen and oxygen atoms in total. The lowest BCUT2D eigenvalue weighted by Crippen LogP contribution is -2.66. The van der Waals surface area contributed by atoms with Crippen LogP contribution in [0.15, 0.2) is 35.5 Å². The number of fused-ring (bicyclic) bond motifs is 3. The summed E-state index contributed by atoms with van der Waals surface area (Å²) in [7, 11) is 0. The molecule has 0 aromatic rings. The highest BCUT2D eigenvalue weighted by molar-refractivity contribution is 5.76. The third-order valence-corrected chi connectivity index (χ3v) is 18.0. The van der Waals surface area contributed by atoms with Crippen molar-refractivity contribution >= 4 is 11.9 Å². The van der Waals surface area contributed by atoms with E-state index in [1.807, 2.05) is 4.90 Å². The highest BCUT2D eigenvalue weighted by Gasteiger charge is 2.67. The van der Waals surface area contributed by atoms with E-state index in [-0.39, 0.29) is 39.5 Å². The van der Waals surface area contributed by atoms with Crippen molar-refractivity contribution < 1.29 is 24.2 Å². The molecule has 0 radical (unpaired) electrons. The van der Waals surface area contributed by atoms with E-state index in [9.17, 15) is 24.2 Å². The summed E-state index contributed by atoms with van der Waals surface area (Å²) in [5.41, 5.74) is 2.46. The molecule has 0 spiro atoms. The Morgan fingerprint density at radius 2 is 1.67 bits per heavy atom. The lowest BCUT2D eigenvalue weighted by molar-refractivity contribution is -0.184. The molecule has 1 heterocycles. The van der Waals surface area contributed by atoms with Gasteiger partial charge in [-0.1, -0.05) is 65.8 Å². The maximum atomic E-state index is 14.6. The molecule has 1 aliphatic heterocycles. The van der Waals surface area contributed by atoms with Gasteiger partial charge >= 0.3 is 5.97 Å². The zero-order valence-corrected chi connectivity index (χ0v) is 35.5. The molecule has 5 aliphatic carbocycles. The summed E-state index contributed by atoms with van der Waals surface area (Å²) in [6.45, 7) is 27.1. The number of nitrogens with one attached hydrogen (secondary N) is 1. The average molecular weight is 751 g/mol. The Bertz CT molecular complexity index is 1540. The number of likely N-dealkylation sites (tertiary alicyclic amines) is 1. The van der Waals surface area contributed by atoms with Gasteiger partial charge in [0.15, 0.2) is 0 Å². The molecular formula is C47H75FN2O4. The van der Waals surface area contributed by atoms with Gasteiger partial charge in [-0.2, -0.15) is 0 Å². The molecular weight excluding hydrogens is 676 g/mol. The van der Waals surface area contributed by atoms with Gasteiger partial charge in [-0.25, -0.2) is 4.39 Å². The summed E-state index contributed by atoms with van der Waals surface area (Å²) in [6, 6.07) is 0. The van der Waals surface area contributed by atoms with E-state index >= 15 is 0 Å². The molecule has 304 valence electrons. The molecule has 10 unspecified atom stereocenters. The number of amides is 1. The fourth-order valence-electron chi connectivity index (χ4n) is 14.5. The molecule has 54 heavy (non-hydrogen) atoms. The zero-order chi connectivity index (χ0) is 39.7. The number of hydrogen-bond donors (Lipinski definition) is 3. The largest absolute Gasteiger partial charge is 0.481 e. The van der Waals surface area contributed by atoms with Crippen LogP contribution in [0.25, 0.3) is 0 Å². The fourth-order valence-corrected chi connectivity index (χ4v) is 14.5. The van der Waals surface area contributed by atoms with E-state index in [1.165, 1.54) is 62.2 Å². The van der Waals surface area contributed by atoms with Crippen molar-refractivity contribution in [3.63, 3.8) is 0 Å². The van der Waals surface area contributed by atoms with Gasteiger partial charge in [0.25, 0.3) is 0 Å². The quantitative estimate of drug-likeness (QED) is 0.194. The number of aliphatic hydroxyl groups is 1. The van der Waals surface area contributed by atoms with Crippen LogP contribution >= 0.6 is 0 Å². The normalized spacial score (nSPS) is 42.2. The first-order valence-electron chi connectivity index (χ1n) is 21.8. The van der Waals surface area contributed by atoms with Crippen molar-refractivity contribution in [2.75, 3.05) is 19.6 Å². The van der Waals surface area contributed by atoms with Crippen molar-refractivity contribution in [1.82, 2.24) is 10.2 Å². The summed E-state index contributed by atoms with van der Waals surface area (Å²) < 4.78 is 14.6. The molecule has 4 fully saturated rings. The van der Waals surface area contributed by atoms with E-state index in [0.717, 1.165) is 32.2 Å². The lowest BCUT2D eigenvalue weighted by atomic mass is 9.37. The number of carboxylic acid groups (broad SMARTS) is 1. The highest BCUT2D eigenvalue weighted by atomic mass is 19.1. The first kappa shape index (κ1) is 41.6. The number of carbonyl (C=O) groups is 2. The fraction of sp³-hybridized carbons (Fsp3) is 0.830. The van der Waals surface area contributed by atoms with Gasteiger partial charge in [0.05, 0.1) is 5.60 Å². The van der Waals surface area contributed by atoms with Gasteiger partial charge in [-0.3, -0.25) is 9.59 Å². The Balaban J connectivity index is 1.23. The molecule has 10 atom stereocenters. The van der Waals surface area contributed by atoms with Crippen molar-refractivity contribution in [2.24, 2.45) is 50.7 Å². The summed E-state index contributed by atoms with van der Waals surface area (Å²) in [5.74, 6) is 1.34. The Hall–Kier alpha value is -1.99. The topological polar surface area (TPSA) is 89.9 Å². The summed E-state index contributed by atoms with van der Waals surface area (Å²) >= 11 is 0. The number of hydrogen-bond acceptors (Lipinski definition) is 4. The zero-order valence-electron chi connectivity index (χ0n) is 35.5. The van der Waals surface area contributed by atoms with Crippen LogP contribution in [0.1, 0.15) is 159 Å². The molecule has 3 saturated carbocycles. The number of allylic oxidation sites excluding steroid dienone is 5. The maximum Gasteiger partial charge on any atom is 0.312 e. The van der Waals surface area contributed by atoms with Crippen LogP contribution in [0.3, 0.4) is 0 Å². The summed E-state index contributed by atoms with van der Waals surface area (Å²) in [4.78, 5) is 26.0. The maximum absolute atomic E-state index is 14.6. The molecule has 1 saturated heterocycles. The van der Waals surface area contributed by atoms with Crippen LogP contribution in [0.5, 0.6) is 0 Å². The Kier molecular flexibility index (Phi) is 11.1. The third-order valence-electron chi connectivity index (χ3n) is 18.0. The van der Waals surface area contributed by atoms with Crippen LogP contribution in [-0.4, -0.2) is 63.9 Å². The number of halogens is 1. The van der Waals surface area contributed by atoms with E-state index in [0.29, 0.717) is 62.4 Å². The van der Waals surface area contributed by atoms with E-state index < -0.39 is 23.2 Å². The summed E-state index contributed by atoms with van der Waals surface area (Å²) in [6.07, 6.45) is 17.0. The molecule has 7 heteroatoms. The predicted octanol–water partition coefficient (Wildman–Crippen LogP) is 10.2. The number of alkyl halides is 1. The molecule has 1 amide bonds. The second kappa shape index (κ2) is 14.4. The van der Waals surface area contributed by atoms with Gasteiger partial charge in [-0.05, 0) is 173 Å². The number of aliphatic carboxylic acids is 1. The molecule has 6 aliphatic rings. The first-order valence-corrected chi connectivity index (χ1v) is 21.8. The molecule has 3 N–H and O–H groups in total. The van der Waals surface area contributed by atoms with Crippen LogP contribution in [0.4, 0.5) is 4.39 Å². The van der Waals surface area contributed by atoms with Crippen molar-refractivity contribution in [3.8, 4) is 0 Å². The number of nitrogens with zero attached hydrogens (tertiary/aromatic N) is 1. The van der Waals surface area contributed by atoms with Gasteiger partial charge in [0.2, 0.25) is 5.91 Å². The van der Waals surface area contributed by atoms with E-state index in [4.69, 9.17) is 0 Å². The molecule has 0 bridgehead atoms. The third kappa shape index (κ3) is 6.69. The summed E-state index contributed by atoms with van der Waals surface area (Å²) in [5, 5.41) is 25.7. The molecule has 6 rings (SSSR count). The second-order valence-corrected chi connectivity index (χ2v) is 21.1. The van der Waals surface area contributed by atoms with Gasteiger partial charge in [0, 0.05) is 25.6 Å². The standard InChI is InChI=1S/C47H75FN2O4/c1-11-43(9)38(42(8)18-17-36(41(6,7)30-42)34-14-19-46(20-15-34,32(4)48)40(52)53)13-12-37-39-35(31(2)3)16-21-47(39,23-22-44(37,43)10)49-27-24-45(54)25-28-50(29-26-45)33(5)51/h14,17,32,35,37-39,49,54H,2,11-13,15-16,18-30H2,1,3-10H3,(H,52,53). The minimum absolute atomic E-state index is 0.0509. The van der Waals surface area contributed by atoms with Gasteiger partial charge in [-0.15, -0.1) is 0 Å². The molecule has 0 aromatic heterocycles. The van der Waals surface area contributed by atoms with Gasteiger partial charge < -0.3 is 20.4 Å². The predicted molar refractivity (Wildman–Crippen MR) is 217 cm³/mol. The number of carbonyl (C=O) groups excluding carboxylic acids is 1. The van der Waals surface area contributed by atoms with Crippen LogP contribution in [-0.2, 0) is 9.59 Å². The van der Waals surface area contributed by atoms with Gasteiger partial charge in [0.1, 0.15) is 11.6 Å². The highest BCUT2D eigenvalue weighted by Crippen LogP contribution is 2.73. The number of rotatable bonds is 10. The van der Waals surface area contributed by atoms with Crippen molar-refractivity contribution in [3.05, 3.63) is 35.5 Å². The monoisotopic (exact) mass is 751 g/mol.